The minimum Gasteiger partial charge on any atom is -0.299 e. The molecule has 0 aliphatic heterocycles. The van der Waals surface area contributed by atoms with Gasteiger partial charge in [0.15, 0.2) is 0 Å². The molecule has 0 amide bonds. The molecule has 0 bridgehead atoms. The number of nitrogens with zero attached hydrogens (tertiary/aromatic N) is 2. The van der Waals surface area contributed by atoms with E-state index in [9.17, 15) is 5.26 Å². The number of benzene rings is 3. The van der Waals surface area contributed by atoms with Crippen LogP contribution in [0.5, 0.6) is 0 Å². The van der Waals surface area contributed by atoms with Crippen LogP contribution in [0.4, 0.5) is 0 Å². The summed E-state index contributed by atoms with van der Waals surface area (Å²) in [5.41, 5.74) is 2.99. The number of hydrogen-bond donors (Lipinski definition) is 0. The molecule has 2 atom stereocenters. The lowest BCUT2D eigenvalue weighted by Gasteiger charge is -2.43. The maximum atomic E-state index is 10.6. The van der Waals surface area contributed by atoms with Gasteiger partial charge in [-0.25, -0.2) is 0 Å². The standard InChI is InChI=1S/C28H30N2/c1-30(21-23-12-5-2-6-13-23)27-19-11-18-26(20-27)28(22-29,24-14-7-3-8-15-24)25-16-9-4-10-17-25/h2-10,12-17,26-27H,11,18-21H2,1H3. The molecular formula is C28H30N2. The van der Waals surface area contributed by atoms with Gasteiger partial charge in [-0.2, -0.15) is 5.26 Å². The normalized spacial score (nSPS) is 19.4. The second-order valence-corrected chi connectivity index (χ2v) is 8.57. The summed E-state index contributed by atoms with van der Waals surface area (Å²) >= 11 is 0. The molecule has 1 fully saturated rings. The summed E-state index contributed by atoms with van der Waals surface area (Å²) < 4.78 is 0. The van der Waals surface area contributed by atoms with Gasteiger partial charge in [-0.15, -0.1) is 0 Å². The predicted octanol–water partition coefficient (Wildman–Crippen LogP) is 6.19. The largest absolute Gasteiger partial charge is 0.299 e. The van der Waals surface area contributed by atoms with Crippen LogP contribution in [-0.4, -0.2) is 18.0 Å². The maximum Gasteiger partial charge on any atom is 0.110 e. The summed E-state index contributed by atoms with van der Waals surface area (Å²) in [6, 6.07) is 34.8. The Labute approximate surface area is 180 Å². The van der Waals surface area contributed by atoms with Crippen molar-refractivity contribution >= 4 is 0 Å². The van der Waals surface area contributed by atoms with Crippen molar-refractivity contribution in [2.24, 2.45) is 5.92 Å². The van der Waals surface area contributed by atoms with Gasteiger partial charge in [-0.05, 0) is 48.9 Å². The van der Waals surface area contributed by atoms with Gasteiger partial charge in [0.2, 0.25) is 0 Å². The van der Waals surface area contributed by atoms with Crippen LogP contribution in [-0.2, 0) is 12.0 Å². The van der Waals surface area contributed by atoms with Crippen molar-refractivity contribution in [2.45, 2.75) is 43.7 Å². The number of rotatable bonds is 6. The Balaban J connectivity index is 1.65. The van der Waals surface area contributed by atoms with E-state index in [0.29, 0.717) is 12.0 Å². The van der Waals surface area contributed by atoms with Crippen LogP contribution < -0.4 is 0 Å². The molecule has 2 unspecified atom stereocenters. The zero-order chi connectivity index (χ0) is 20.8. The molecule has 0 N–H and O–H groups in total. The molecule has 2 nitrogen and oxygen atoms in total. The van der Waals surface area contributed by atoms with E-state index in [4.69, 9.17) is 0 Å². The molecular weight excluding hydrogens is 364 g/mol. The first-order valence-corrected chi connectivity index (χ1v) is 11.0. The summed E-state index contributed by atoms with van der Waals surface area (Å²) in [5.74, 6) is 0.296. The van der Waals surface area contributed by atoms with Crippen molar-refractivity contribution < 1.29 is 0 Å². The molecule has 0 heterocycles. The lowest BCUT2D eigenvalue weighted by Crippen LogP contribution is -2.43. The molecule has 0 aromatic heterocycles. The minimum absolute atomic E-state index is 0.296. The average molecular weight is 395 g/mol. The smallest absolute Gasteiger partial charge is 0.110 e. The predicted molar refractivity (Wildman–Crippen MR) is 123 cm³/mol. The second kappa shape index (κ2) is 9.28. The van der Waals surface area contributed by atoms with Crippen molar-refractivity contribution in [1.29, 1.82) is 5.26 Å². The average Bonchev–Trinajstić information content (AvgIpc) is 2.82. The third-order valence-electron chi connectivity index (χ3n) is 6.79. The lowest BCUT2D eigenvalue weighted by molar-refractivity contribution is 0.133. The SMILES string of the molecule is CN(Cc1ccccc1)C1CCCC(C(C#N)(c2ccccc2)c2ccccc2)C1. The van der Waals surface area contributed by atoms with Crippen LogP contribution in [0.2, 0.25) is 0 Å². The van der Waals surface area contributed by atoms with Gasteiger partial charge in [0, 0.05) is 12.6 Å². The number of nitriles is 1. The van der Waals surface area contributed by atoms with Gasteiger partial charge in [0.05, 0.1) is 6.07 Å². The van der Waals surface area contributed by atoms with Gasteiger partial charge < -0.3 is 0 Å². The second-order valence-electron chi connectivity index (χ2n) is 8.57. The maximum absolute atomic E-state index is 10.6. The van der Waals surface area contributed by atoms with Crippen LogP contribution in [0.15, 0.2) is 91.0 Å². The molecule has 0 radical (unpaired) electrons. The van der Waals surface area contributed by atoms with E-state index in [1.54, 1.807) is 0 Å². The summed E-state index contributed by atoms with van der Waals surface area (Å²) in [6.07, 6.45) is 4.50. The Morgan fingerprint density at radius 3 is 1.90 bits per heavy atom. The summed E-state index contributed by atoms with van der Waals surface area (Å²) in [4.78, 5) is 2.49. The highest BCUT2D eigenvalue weighted by atomic mass is 15.1. The van der Waals surface area contributed by atoms with Crippen molar-refractivity contribution in [3.8, 4) is 6.07 Å². The molecule has 0 spiro atoms. The molecule has 30 heavy (non-hydrogen) atoms. The molecule has 2 heteroatoms. The van der Waals surface area contributed by atoms with Crippen molar-refractivity contribution in [1.82, 2.24) is 4.90 Å². The molecule has 1 saturated carbocycles. The van der Waals surface area contributed by atoms with Gasteiger partial charge in [0.1, 0.15) is 5.41 Å². The number of hydrogen-bond acceptors (Lipinski definition) is 2. The van der Waals surface area contributed by atoms with E-state index in [0.717, 1.165) is 36.9 Å². The van der Waals surface area contributed by atoms with Crippen LogP contribution in [0.25, 0.3) is 0 Å². The summed E-state index contributed by atoms with van der Waals surface area (Å²) in [5, 5.41) is 10.6. The van der Waals surface area contributed by atoms with E-state index in [-0.39, 0.29) is 0 Å². The Morgan fingerprint density at radius 2 is 1.37 bits per heavy atom. The zero-order valence-electron chi connectivity index (χ0n) is 17.7. The Bertz CT molecular complexity index is 920. The molecule has 1 aliphatic carbocycles. The lowest BCUT2D eigenvalue weighted by atomic mass is 9.61. The van der Waals surface area contributed by atoms with Crippen molar-refractivity contribution in [2.75, 3.05) is 7.05 Å². The van der Waals surface area contributed by atoms with Crippen molar-refractivity contribution in [3.63, 3.8) is 0 Å². The van der Waals surface area contributed by atoms with Crippen LogP contribution in [0, 0.1) is 17.2 Å². The Hall–Kier alpha value is -2.89. The minimum atomic E-state index is -0.602. The van der Waals surface area contributed by atoms with Gasteiger partial charge in [0.25, 0.3) is 0 Å². The fourth-order valence-electron chi connectivity index (χ4n) is 5.22. The highest BCUT2D eigenvalue weighted by molar-refractivity contribution is 5.47. The molecule has 4 rings (SSSR count). The highest BCUT2D eigenvalue weighted by Gasteiger charge is 2.44. The highest BCUT2D eigenvalue weighted by Crippen LogP contribution is 2.46. The van der Waals surface area contributed by atoms with Crippen LogP contribution >= 0.6 is 0 Å². The third-order valence-corrected chi connectivity index (χ3v) is 6.79. The van der Waals surface area contributed by atoms with E-state index < -0.39 is 5.41 Å². The fraction of sp³-hybridized carbons (Fsp3) is 0.321. The first kappa shape index (κ1) is 20.4. The van der Waals surface area contributed by atoms with E-state index in [1.807, 2.05) is 12.1 Å². The third kappa shape index (κ3) is 4.04. The zero-order valence-corrected chi connectivity index (χ0v) is 17.7. The Kier molecular flexibility index (Phi) is 6.31. The van der Waals surface area contributed by atoms with E-state index in [1.165, 1.54) is 12.0 Å². The molecule has 0 saturated heterocycles. The first-order chi connectivity index (χ1) is 14.7. The van der Waals surface area contributed by atoms with Gasteiger partial charge in [-0.3, -0.25) is 4.90 Å². The monoisotopic (exact) mass is 394 g/mol. The van der Waals surface area contributed by atoms with Crippen molar-refractivity contribution in [3.05, 3.63) is 108 Å². The summed E-state index contributed by atoms with van der Waals surface area (Å²) in [6.45, 7) is 0.953. The van der Waals surface area contributed by atoms with E-state index >= 15 is 0 Å². The first-order valence-electron chi connectivity index (χ1n) is 11.0. The molecule has 1 aliphatic rings. The molecule has 3 aromatic rings. The van der Waals surface area contributed by atoms with E-state index in [2.05, 4.69) is 96.9 Å². The van der Waals surface area contributed by atoms with Crippen LogP contribution in [0.1, 0.15) is 42.4 Å². The van der Waals surface area contributed by atoms with Gasteiger partial charge >= 0.3 is 0 Å². The van der Waals surface area contributed by atoms with Crippen LogP contribution in [0.3, 0.4) is 0 Å². The van der Waals surface area contributed by atoms with Gasteiger partial charge in [-0.1, -0.05) is 97.4 Å². The topological polar surface area (TPSA) is 27.0 Å². The quantitative estimate of drug-likeness (QED) is 0.499. The Morgan fingerprint density at radius 1 is 0.833 bits per heavy atom. The fourth-order valence-corrected chi connectivity index (χ4v) is 5.22. The summed E-state index contributed by atoms with van der Waals surface area (Å²) in [7, 11) is 2.24. The molecule has 3 aromatic carbocycles. The molecule has 152 valence electrons.